The van der Waals surface area contributed by atoms with Gasteiger partial charge in [-0.3, -0.25) is 4.90 Å². The second kappa shape index (κ2) is 5.64. The largest absolute Gasteiger partial charge is 0.379 e. The first-order valence-electron chi connectivity index (χ1n) is 5.65. The zero-order valence-electron chi connectivity index (χ0n) is 9.30. The summed E-state index contributed by atoms with van der Waals surface area (Å²) >= 11 is 0. The van der Waals surface area contributed by atoms with Crippen LogP contribution in [0.1, 0.15) is 5.56 Å². The van der Waals surface area contributed by atoms with Gasteiger partial charge in [-0.2, -0.15) is 5.26 Å². The lowest BCUT2D eigenvalue weighted by Crippen LogP contribution is -2.43. The van der Waals surface area contributed by atoms with Crippen molar-refractivity contribution in [2.45, 2.75) is 12.5 Å². The molecular formula is C13H16N2O. The molecule has 0 radical (unpaired) electrons. The Morgan fingerprint density at radius 3 is 2.56 bits per heavy atom. The van der Waals surface area contributed by atoms with Gasteiger partial charge >= 0.3 is 0 Å². The van der Waals surface area contributed by atoms with Crippen molar-refractivity contribution >= 4 is 0 Å². The van der Waals surface area contributed by atoms with E-state index in [0.29, 0.717) is 0 Å². The first kappa shape index (κ1) is 11.1. The average Bonchev–Trinajstić information content (AvgIpc) is 2.38. The molecule has 84 valence electrons. The van der Waals surface area contributed by atoms with Crippen LogP contribution in [0.5, 0.6) is 0 Å². The molecule has 1 saturated heterocycles. The van der Waals surface area contributed by atoms with E-state index in [0.717, 1.165) is 32.7 Å². The molecule has 3 heteroatoms. The number of ether oxygens (including phenoxy) is 1. The summed E-state index contributed by atoms with van der Waals surface area (Å²) in [6.45, 7) is 3.22. The van der Waals surface area contributed by atoms with Crippen LogP contribution in [-0.2, 0) is 11.2 Å². The minimum Gasteiger partial charge on any atom is -0.379 e. The summed E-state index contributed by atoms with van der Waals surface area (Å²) in [6, 6.07) is 12.6. The number of rotatable bonds is 3. The molecule has 1 aliphatic rings. The van der Waals surface area contributed by atoms with E-state index in [9.17, 15) is 5.26 Å². The van der Waals surface area contributed by atoms with E-state index in [1.165, 1.54) is 5.56 Å². The molecule has 0 aromatic heterocycles. The predicted octanol–water partition coefficient (Wildman–Crippen LogP) is 1.45. The first-order chi connectivity index (χ1) is 7.90. The highest BCUT2D eigenvalue weighted by Gasteiger charge is 2.20. The normalized spacial score (nSPS) is 18.9. The molecule has 0 amide bonds. The Balaban J connectivity index is 1.98. The molecule has 16 heavy (non-hydrogen) atoms. The van der Waals surface area contributed by atoms with Gasteiger partial charge in [-0.25, -0.2) is 0 Å². The van der Waals surface area contributed by atoms with Crippen LogP contribution in [0.3, 0.4) is 0 Å². The predicted molar refractivity (Wildman–Crippen MR) is 61.9 cm³/mol. The fourth-order valence-corrected chi connectivity index (χ4v) is 1.98. The van der Waals surface area contributed by atoms with E-state index >= 15 is 0 Å². The SMILES string of the molecule is N#C[C@H](Cc1ccccc1)N1CCOCC1. The number of benzene rings is 1. The zero-order chi connectivity index (χ0) is 11.2. The third kappa shape index (κ3) is 2.82. The molecule has 1 aromatic rings. The maximum absolute atomic E-state index is 9.21. The molecule has 0 spiro atoms. The van der Waals surface area contributed by atoms with Gasteiger partial charge in [-0.05, 0) is 5.56 Å². The number of nitriles is 1. The van der Waals surface area contributed by atoms with Crippen LogP contribution in [0, 0.1) is 11.3 Å². The number of hydrogen-bond acceptors (Lipinski definition) is 3. The summed E-state index contributed by atoms with van der Waals surface area (Å²) in [7, 11) is 0. The molecule has 0 aliphatic carbocycles. The lowest BCUT2D eigenvalue weighted by Gasteiger charge is -2.30. The highest BCUT2D eigenvalue weighted by Crippen LogP contribution is 2.10. The summed E-state index contributed by atoms with van der Waals surface area (Å²) in [5.41, 5.74) is 1.22. The van der Waals surface area contributed by atoms with Gasteiger partial charge < -0.3 is 4.74 Å². The molecule has 3 nitrogen and oxygen atoms in total. The summed E-state index contributed by atoms with van der Waals surface area (Å²) in [4.78, 5) is 2.20. The maximum atomic E-state index is 9.21. The molecule has 1 fully saturated rings. The minimum atomic E-state index is -0.0219. The first-order valence-corrected chi connectivity index (χ1v) is 5.65. The third-order valence-electron chi connectivity index (χ3n) is 2.91. The molecule has 0 saturated carbocycles. The Hall–Kier alpha value is -1.37. The van der Waals surface area contributed by atoms with E-state index < -0.39 is 0 Å². The lowest BCUT2D eigenvalue weighted by atomic mass is 10.1. The molecule has 2 rings (SSSR count). The van der Waals surface area contributed by atoms with E-state index in [4.69, 9.17) is 4.74 Å². The van der Waals surface area contributed by atoms with Crippen LogP contribution in [0.4, 0.5) is 0 Å². The van der Waals surface area contributed by atoms with Crippen LogP contribution < -0.4 is 0 Å². The summed E-state index contributed by atoms with van der Waals surface area (Å²) in [6.07, 6.45) is 0.803. The molecule has 1 aromatic carbocycles. The van der Waals surface area contributed by atoms with Crippen LogP contribution in [0.15, 0.2) is 30.3 Å². The molecule has 0 N–H and O–H groups in total. The molecule has 1 heterocycles. The van der Waals surface area contributed by atoms with Gasteiger partial charge in [0.15, 0.2) is 0 Å². The van der Waals surface area contributed by atoms with Crippen molar-refractivity contribution in [3.8, 4) is 6.07 Å². The average molecular weight is 216 g/mol. The van der Waals surface area contributed by atoms with Crippen molar-refractivity contribution in [3.63, 3.8) is 0 Å². The molecule has 0 unspecified atom stereocenters. The van der Waals surface area contributed by atoms with Crippen LogP contribution in [-0.4, -0.2) is 37.2 Å². The fourth-order valence-electron chi connectivity index (χ4n) is 1.98. The van der Waals surface area contributed by atoms with E-state index in [-0.39, 0.29) is 6.04 Å². The molecule has 1 aliphatic heterocycles. The third-order valence-corrected chi connectivity index (χ3v) is 2.91. The Morgan fingerprint density at radius 2 is 1.94 bits per heavy atom. The lowest BCUT2D eigenvalue weighted by molar-refractivity contribution is 0.0270. The Bertz CT molecular complexity index is 352. The van der Waals surface area contributed by atoms with Crippen molar-refractivity contribution in [2.24, 2.45) is 0 Å². The summed E-state index contributed by atoms with van der Waals surface area (Å²) < 4.78 is 5.29. The number of morpholine rings is 1. The van der Waals surface area contributed by atoms with Crippen LogP contribution >= 0.6 is 0 Å². The molecule has 1 atom stereocenters. The van der Waals surface area contributed by atoms with Gasteiger partial charge in [0.05, 0.1) is 19.3 Å². The van der Waals surface area contributed by atoms with Gasteiger partial charge in [-0.15, -0.1) is 0 Å². The Kier molecular flexibility index (Phi) is 3.92. The topological polar surface area (TPSA) is 36.3 Å². The molecular weight excluding hydrogens is 200 g/mol. The van der Waals surface area contributed by atoms with Crippen molar-refractivity contribution in [2.75, 3.05) is 26.3 Å². The van der Waals surface area contributed by atoms with Crippen molar-refractivity contribution < 1.29 is 4.74 Å². The Labute approximate surface area is 96.2 Å². The van der Waals surface area contributed by atoms with Crippen LogP contribution in [0.2, 0.25) is 0 Å². The van der Waals surface area contributed by atoms with Crippen molar-refractivity contribution in [1.29, 1.82) is 5.26 Å². The number of hydrogen-bond donors (Lipinski definition) is 0. The quantitative estimate of drug-likeness (QED) is 0.767. The van der Waals surface area contributed by atoms with Gasteiger partial charge in [0.1, 0.15) is 6.04 Å². The monoisotopic (exact) mass is 216 g/mol. The Morgan fingerprint density at radius 1 is 1.25 bits per heavy atom. The summed E-state index contributed by atoms with van der Waals surface area (Å²) in [5.74, 6) is 0. The van der Waals surface area contributed by atoms with Gasteiger partial charge in [0, 0.05) is 19.5 Å². The van der Waals surface area contributed by atoms with Gasteiger partial charge in [0.25, 0.3) is 0 Å². The van der Waals surface area contributed by atoms with Gasteiger partial charge in [0.2, 0.25) is 0 Å². The van der Waals surface area contributed by atoms with Crippen molar-refractivity contribution in [3.05, 3.63) is 35.9 Å². The standard InChI is InChI=1S/C13H16N2O/c14-11-13(15-6-8-16-9-7-15)10-12-4-2-1-3-5-12/h1-5,13H,6-10H2/t13-/m0/s1. The second-order valence-corrected chi connectivity index (χ2v) is 3.98. The smallest absolute Gasteiger partial charge is 0.102 e. The van der Waals surface area contributed by atoms with Gasteiger partial charge in [-0.1, -0.05) is 30.3 Å². The van der Waals surface area contributed by atoms with Crippen LogP contribution in [0.25, 0.3) is 0 Å². The van der Waals surface area contributed by atoms with Crippen molar-refractivity contribution in [1.82, 2.24) is 4.90 Å². The highest BCUT2D eigenvalue weighted by atomic mass is 16.5. The van der Waals surface area contributed by atoms with E-state index in [2.05, 4.69) is 23.1 Å². The highest BCUT2D eigenvalue weighted by molar-refractivity contribution is 5.18. The second-order valence-electron chi connectivity index (χ2n) is 3.98. The summed E-state index contributed by atoms with van der Waals surface area (Å²) in [5, 5.41) is 9.21. The molecule has 0 bridgehead atoms. The minimum absolute atomic E-state index is 0.0219. The zero-order valence-corrected chi connectivity index (χ0v) is 9.30. The fraction of sp³-hybridized carbons (Fsp3) is 0.462. The maximum Gasteiger partial charge on any atom is 0.102 e. The van der Waals surface area contributed by atoms with E-state index in [1.54, 1.807) is 0 Å². The van der Waals surface area contributed by atoms with E-state index in [1.807, 2.05) is 18.2 Å². The number of nitrogens with zero attached hydrogens (tertiary/aromatic N) is 2.